The molecule has 1 heterocycles. The highest BCUT2D eigenvalue weighted by Gasteiger charge is 2.31. The Labute approximate surface area is 190 Å². The summed E-state index contributed by atoms with van der Waals surface area (Å²) in [5.41, 5.74) is 13.5. The van der Waals surface area contributed by atoms with E-state index < -0.39 is 10.0 Å². The van der Waals surface area contributed by atoms with Crippen molar-refractivity contribution in [2.75, 3.05) is 0 Å². The third-order valence-electron chi connectivity index (χ3n) is 5.64. The van der Waals surface area contributed by atoms with Gasteiger partial charge in [-0.05, 0) is 60.4 Å². The largest absolute Gasteiger partial charge is 0.369 e. The molecule has 1 aliphatic rings. The Bertz CT molecular complexity index is 1550. The summed E-state index contributed by atoms with van der Waals surface area (Å²) in [5.74, 6) is -0.157. The predicted octanol–water partition coefficient (Wildman–Crippen LogP) is 4.00. The fourth-order valence-corrected chi connectivity index (χ4v) is 6.10. The van der Waals surface area contributed by atoms with Crippen LogP contribution in [0.4, 0.5) is 0 Å². The zero-order valence-electron chi connectivity index (χ0n) is 17.0. The highest BCUT2D eigenvalue weighted by Crippen LogP contribution is 2.37. The molecule has 5 rings (SSSR count). The van der Waals surface area contributed by atoms with Crippen LogP contribution in [0.3, 0.4) is 0 Å². The molecule has 0 atom stereocenters. The van der Waals surface area contributed by atoms with Crippen molar-refractivity contribution in [3.63, 3.8) is 0 Å². The van der Waals surface area contributed by atoms with Gasteiger partial charge in [0.1, 0.15) is 0 Å². The summed E-state index contributed by atoms with van der Waals surface area (Å²) in [4.78, 5) is 0.221. The average Bonchev–Trinajstić information content (AvgIpc) is 3.12. The third kappa shape index (κ3) is 3.32. The van der Waals surface area contributed by atoms with Crippen molar-refractivity contribution in [3.05, 3.63) is 76.9 Å². The van der Waals surface area contributed by atoms with Crippen LogP contribution in [0.5, 0.6) is 0 Å². The van der Waals surface area contributed by atoms with E-state index in [9.17, 15) is 8.42 Å². The van der Waals surface area contributed by atoms with Crippen LogP contribution in [0.15, 0.2) is 75.8 Å². The van der Waals surface area contributed by atoms with Gasteiger partial charge in [-0.3, -0.25) is 0 Å². The molecule has 9 heteroatoms. The molecule has 0 spiro atoms. The van der Waals surface area contributed by atoms with Crippen LogP contribution < -0.4 is 11.5 Å². The molecule has 0 aliphatic heterocycles. The number of fused-ring (bicyclic) bond motifs is 4. The van der Waals surface area contributed by atoms with Gasteiger partial charge >= 0.3 is 0 Å². The summed E-state index contributed by atoms with van der Waals surface area (Å²) in [7, 11) is -3.89. The van der Waals surface area contributed by atoms with Gasteiger partial charge in [0.05, 0.1) is 16.1 Å². The van der Waals surface area contributed by atoms with Crippen molar-refractivity contribution in [1.82, 2.24) is 3.97 Å². The van der Waals surface area contributed by atoms with Crippen LogP contribution in [0.1, 0.15) is 24.1 Å². The van der Waals surface area contributed by atoms with Gasteiger partial charge in [-0.15, -0.1) is 5.10 Å². The molecule has 0 radical (unpaired) electrons. The number of halogens is 1. The van der Waals surface area contributed by atoms with E-state index in [1.807, 2.05) is 30.3 Å². The minimum absolute atomic E-state index is 0.157. The molecule has 0 saturated carbocycles. The lowest BCUT2D eigenvalue weighted by molar-refractivity contribution is 0.586. The van der Waals surface area contributed by atoms with Gasteiger partial charge < -0.3 is 11.5 Å². The molecule has 4 N–H and O–H groups in total. The molecule has 1 aliphatic carbocycles. The SMILES string of the molecule is NC(N)=N/N=C1\CCCc2c1c1cc(Cl)ccc1n2S(=O)(=O)c1ccc2ccccc2c1. The molecule has 32 heavy (non-hydrogen) atoms. The summed E-state index contributed by atoms with van der Waals surface area (Å²) in [6.07, 6.45) is 1.93. The molecule has 4 aromatic rings. The van der Waals surface area contributed by atoms with E-state index in [-0.39, 0.29) is 10.9 Å². The first-order valence-electron chi connectivity index (χ1n) is 10.1. The maximum atomic E-state index is 13.9. The third-order valence-corrected chi connectivity index (χ3v) is 7.62. The van der Waals surface area contributed by atoms with Crippen molar-refractivity contribution in [2.45, 2.75) is 24.2 Å². The first kappa shape index (κ1) is 20.5. The molecule has 162 valence electrons. The average molecular weight is 466 g/mol. The summed E-state index contributed by atoms with van der Waals surface area (Å²) in [6.45, 7) is 0. The Balaban J connectivity index is 1.81. The maximum absolute atomic E-state index is 13.9. The lowest BCUT2D eigenvalue weighted by Gasteiger charge is -2.17. The van der Waals surface area contributed by atoms with E-state index >= 15 is 0 Å². The predicted molar refractivity (Wildman–Crippen MR) is 129 cm³/mol. The molecule has 3 aromatic carbocycles. The fraction of sp³-hybridized carbons (Fsp3) is 0.130. The second-order valence-electron chi connectivity index (χ2n) is 7.69. The van der Waals surface area contributed by atoms with E-state index in [1.165, 1.54) is 3.97 Å². The van der Waals surface area contributed by atoms with E-state index in [0.29, 0.717) is 40.2 Å². The Kier molecular flexibility index (Phi) is 4.91. The number of hydrogen-bond acceptors (Lipinski definition) is 4. The highest BCUT2D eigenvalue weighted by molar-refractivity contribution is 7.90. The first-order valence-corrected chi connectivity index (χ1v) is 11.9. The van der Waals surface area contributed by atoms with Gasteiger partial charge in [-0.1, -0.05) is 41.9 Å². The Morgan fingerprint density at radius 1 is 0.969 bits per heavy atom. The van der Waals surface area contributed by atoms with Gasteiger partial charge in [0.15, 0.2) is 0 Å². The molecule has 0 saturated heterocycles. The van der Waals surface area contributed by atoms with Crippen LogP contribution in [-0.4, -0.2) is 24.1 Å². The number of hydrogen-bond donors (Lipinski definition) is 2. The van der Waals surface area contributed by atoms with Crippen molar-refractivity contribution in [1.29, 1.82) is 0 Å². The van der Waals surface area contributed by atoms with Crippen molar-refractivity contribution < 1.29 is 8.42 Å². The highest BCUT2D eigenvalue weighted by atomic mass is 35.5. The molecule has 0 amide bonds. The van der Waals surface area contributed by atoms with Crippen LogP contribution in [0.25, 0.3) is 21.7 Å². The standard InChI is InChI=1S/C23H20ClN5O2S/c24-16-9-11-20-18(13-16)22-19(27-28-23(25)26)6-3-7-21(22)29(20)32(30,31)17-10-8-14-4-1-2-5-15(14)12-17/h1-2,4-5,8-13H,3,6-7H2,(H4,25,26,28)/b27-19+. The Morgan fingerprint density at radius 3 is 2.53 bits per heavy atom. The molecular formula is C23H20ClN5O2S. The minimum Gasteiger partial charge on any atom is -0.369 e. The lowest BCUT2D eigenvalue weighted by Crippen LogP contribution is -2.23. The van der Waals surface area contributed by atoms with Crippen molar-refractivity contribution >= 4 is 55.0 Å². The molecule has 0 bridgehead atoms. The summed E-state index contributed by atoms with van der Waals surface area (Å²) in [5, 5.41) is 11.1. The number of nitrogens with zero attached hydrogens (tertiary/aromatic N) is 3. The Hall–Kier alpha value is -3.36. The zero-order chi connectivity index (χ0) is 22.5. The molecule has 1 aromatic heterocycles. The van der Waals surface area contributed by atoms with Crippen molar-refractivity contribution in [3.8, 4) is 0 Å². The van der Waals surface area contributed by atoms with Crippen LogP contribution in [-0.2, 0) is 16.4 Å². The monoisotopic (exact) mass is 465 g/mol. The number of benzene rings is 3. The van der Waals surface area contributed by atoms with Gasteiger partial charge in [0.25, 0.3) is 10.0 Å². The maximum Gasteiger partial charge on any atom is 0.268 e. The summed E-state index contributed by atoms with van der Waals surface area (Å²) in [6, 6.07) is 18.0. The fourth-order valence-electron chi connectivity index (χ4n) is 4.31. The molecule has 0 fully saturated rings. The number of aromatic nitrogens is 1. The number of guanidine groups is 1. The minimum atomic E-state index is -3.89. The van der Waals surface area contributed by atoms with E-state index in [1.54, 1.807) is 30.3 Å². The van der Waals surface area contributed by atoms with Gasteiger partial charge in [0.2, 0.25) is 5.96 Å². The van der Waals surface area contributed by atoms with E-state index in [4.69, 9.17) is 23.1 Å². The summed E-state index contributed by atoms with van der Waals surface area (Å²) >= 11 is 6.28. The van der Waals surface area contributed by atoms with Gasteiger partial charge in [-0.2, -0.15) is 5.10 Å². The zero-order valence-corrected chi connectivity index (χ0v) is 18.6. The Morgan fingerprint density at radius 2 is 1.75 bits per heavy atom. The van der Waals surface area contributed by atoms with Crippen LogP contribution in [0.2, 0.25) is 5.02 Å². The van der Waals surface area contributed by atoms with E-state index in [2.05, 4.69) is 10.2 Å². The van der Waals surface area contributed by atoms with Crippen LogP contribution in [0, 0.1) is 0 Å². The molecule has 7 nitrogen and oxygen atoms in total. The van der Waals surface area contributed by atoms with Crippen LogP contribution >= 0.6 is 11.6 Å². The number of nitrogens with two attached hydrogens (primary N) is 2. The second kappa shape index (κ2) is 7.65. The smallest absolute Gasteiger partial charge is 0.268 e. The first-order chi connectivity index (χ1) is 15.4. The quantitative estimate of drug-likeness (QED) is 0.270. The molecule has 0 unspecified atom stereocenters. The number of rotatable bonds is 3. The van der Waals surface area contributed by atoms with Gasteiger partial charge in [-0.25, -0.2) is 12.4 Å². The lowest BCUT2D eigenvalue weighted by atomic mass is 9.94. The summed E-state index contributed by atoms with van der Waals surface area (Å²) < 4.78 is 29.2. The molecular weight excluding hydrogens is 446 g/mol. The normalized spacial score (nSPS) is 15.2. The topological polar surface area (TPSA) is 116 Å². The van der Waals surface area contributed by atoms with Crippen molar-refractivity contribution in [2.24, 2.45) is 21.7 Å². The second-order valence-corrected chi connectivity index (χ2v) is 9.91. The van der Waals surface area contributed by atoms with E-state index in [0.717, 1.165) is 22.8 Å². The van der Waals surface area contributed by atoms with Gasteiger partial charge in [0, 0.05) is 21.7 Å².